The van der Waals surface area contributed by atoms with Gasteiger partial charge in [-0.15, -0.1) is 5.10 Å². The summed E-state index contributed by atoms with van der Waals surface area (Å²) in [6, 6.07) is 15.5. The maximum absolute atomic E-state index is 12.9. The van der Waals surface area contributed by atoms with Gasteiger partial charge in [0.1, 0.15) is 12.1 Å². The number of tetrazole rings is 1. The second-order valence-corrected chi connectivity index (χ2v) is 6.63. The van der Waals surface area contributed by atoms with Crippen LogP contribution in [0.2, 0.25) is 0 Å². The number of likely N-dealkylation sites (tertiary alicyclic amines) is 1. The lowest BCUT2D eigenvalue weighted by atomic mass is 9.88. The third-order valence-electron chi connectivity index (χ3n) is 4.83. The maximum Gasteiger partial charge on any atom is 0.251 e. The van der Waals surface area contributed by atoms with Gasteiger partial charge in [-0.2, -0.15) is 0 Å². The van der Waals surface area contributed by atoms with Crippen molar-refractivity contribution in [3.8, 4) is 5.75 Å². The van der Waals surface area contributed by atoms with E-state index in [4.69, 9.17) is 4.74 Å². The summed E-state index contributed by atoms with van der Waals surface area (Å²) in [5, 5.41) is 11.3. The maximum atomic E-state index is 12.9. The first-order chi connectivity index (χ1) is 13.2. The second kappa shape index (κ2) is 7.19. The zero-order chi connectivity index (χ0) is 18.8. The molecule has 1 amide bonds. The smallest absolute Gasteiger partial charge is 0.251 e. The summed E-state index contributed by atoms with van der Waals surface area (Å²) in [6.45, 7) is 5.17. The van der Waals surface area contributed by atoms with Crippen LogP contribution in [0.4, 0.5) is 0 Å². The third-order valence-corrected chi connectivity index (χ3v) is 4.83. The Kier molecular flexibility index (Phi) is 4.58. The van der Waals surface area contributed by atoms with Crippen molar-refractivity contribution in [3.05, 3.63) is 71.5 Å². The number of amides is 1. The van der Waals surface area contributed by atoms with Crippen LogP contribution < -0.4 is 4.74 Å². The number of rotatable bonds is 6. The van der Waals surface area contributed by atoms with Crippen LogP contribution in [0.25, 0.3) is 0 Å². The Morgan fingerprint density at radius 2 is 1.78 bits per heavy atom. The van der Waals surface area contributed by atoms with E-state index < -0.39 is 6.04 Å². The highest BCUT2D eigenvalue weighted by Gasteiger charge is 2.49. The largest absolute Gasteiger partial charge is 0.494 e. The average Bonchev–Trinajstić information content (AvgIpc) is 3.20. The second-order valence-electron chi connectivity index (χ2n) is 6.63. The van der Waals surface area contributed by atoms with E-state index in [2.05, 4.69) is 46.7 Å². The molecular weight excluding hydrogens is 342 g/mol. The molecule has 27 heavy (non-hydrogen) atoms. The average molecular weight is 363 g/mol. The molecule has 7 nitrogen and oxygen atoms in total. The van der Waals surface area contributed by atoms with E-state index in [1.54, 1.807) is 0 Å². The van der Waals surface area contributed by atoms with E-state index in [0.717, 1.165) is 16.9 Å². The van der Waals surface area contributed by atoms with Crippen molar-refractivity contribution in [1.29, 1.82) is 0 Å². The molecule has 0 radical (unpaired) electrons. The van der Waals surface area contributed by atoms with Crippen molar-refractivity contribution in [2.75, 3.05) is 6.61 Å². The van der Waals surface area contributed by atoms with Crippen molar-refractivity contribution < 1.29 is 9.53 Å². The van der Waals surface area contributed by atoms with Crippen molar-refractivity contribution in [2.24, 2.45) is 0 Å². The van der Waals surface area contributed by atoms with Gasteiger partial charge < -0.3 is 9.64 Å². The number of hydrogen-bond acceptors (Lipinski definition) is 5. The molecule has 2 aromatic carbocycles. The number of β-lactam (4-membered cyclic amide) rings is 1. The monoisotopic (exact) mass is 363 g/mol. The van der Waals surface area contributed by atoms with E-state index in [1.165, 1.54) is 16.6 Å². The summed E-state index contributed by atoms with van der Waals surface area (Å²) in [5.41, 5.74) is 3.33. The molecule has 2 atom stereocenters. The normalized spacial score (nSPS) is 19.0. The first-order valence-corrected chi connectivity index (χ1v) is 8.98. The van der Waals surface area contributed by atoms with Gasteiger partial charge in [0.2, 0.25) is 0 Å². The van der Waals surface area contributed by atoms with E-state index in [-0.39, 0.29) is 11.9 Å². The van der Waals surface area contributed by atoms with Gasteiger partial charge in [-0.1, -0.05) is 42.0 Å². The Balaban J connectivity index is 1.63. The molecule has 0 aliphatic carbocycles. The molecule has 0 spiro atoms. The molecule has 3 aromatic rings. The molecule has 1 fully saturated rings. The predicted molar refractivity (Wildman–Crippen MR) is 98.9 cm³/mol. The lowest BCUT2D eigenvalue weighted by Gasteiger charge is -2.47. The molecule has 0 unspecified atom stereocenters. The molecule has 1 aliphatic heterocycles. The van der Waals surface area contributed by atoms with Crippen LogP contribution in [0.1, 0.15) is 35.7 Å². The highest BCUT2D eigenvalue weighted by Crippen LogP contribution is 2.44. The summed E-state index contributed by atoms with van der Waals surface area (Å²) >= 11 is 0. The summed E-state index contributed by atoms with van der Waals surface area (Å²) in [7, 11) is 0. The van der Waals surface area contributed by atoms with Crippen molar-refractivity contribution in [3.63, 3.8) is 0 Å². The molecule has 4 rings (SSSR count). The topological polar surface area (TPSA) is 73.1 Å². The Morgan fingerprint density at radius 3 is 2.41 bits per heavy atom. The molecule has 1 saturated heterocycles. The van der Waals surface area contributed by atoms with E-state index in [1.807, 2.05) is 36.1 Å². The van der Waals surface area contributed by atoms with E-state index in [9.17, 15) is 4.79 Å². The molecule has 1 aliphatic rings. The van der Waals surface area contributed by atoms with Gasteiger partial charge in [0.05, 0.1) is 12.6 Å². The summed E-state index contributed by atoms with van der Waals surface area (Å²) in [4.78, 5) is 14.7. The number of benzene rings is 2. The van der Waals surface area contributed by atoms with E-state index in [0.29, 0.717) is 13.2 Å². The lowest BCUT2D eigenvalue weighted by Crippen LogP contribution is -2.55. The molecule has 0 saturated carbocycles. The highest BCUT2D eigenvalue weighted by molar-refractivity contribution is 5.88. The zero-order valence-electron chi connectivity index (χ0n) is 15.3. The van der Waals surface area contributed by atoms with Gasteiger partial charge in [0.15, 0.2) is 6.04 Å². The third kappa shape index (κ3) is 3.28. The number of carbonyl (C=O) groups excluding carboxylic acids is 1. The minimum atomic E-state index is -0.427. The Morgan fingerprint density at radius 1 is 1.04 bits per heavy atom. The van der Waals surface area contributed by atoms with Crippen molar-refractivity contribution in [1.82, 2.24) is 25.1 Å². The van der Waals surface area contributed by atoms with Crippen LogP contribution in [-0.4, -0.2) is 37.6 Å². The van der Waals surface area contributed by atoms with E-state index >= 15 is 0 Å². The van der Waals surface area contributed by atoms with Crippen LogP contribution in [0.5, 0.6) is 5.75 Å². The fourth-order valence-corrected chi connectivity index (χ4v) is 3.44. The molecule has 0 N–H and O–H groups in total. The zero-order valence-corrected chi connectivity index (χ0v) is 15.3. The molecular formula is C20H21N5O2. The van der Waals surface area contributed by atoms with Crippen molar-refractivity contribution in [2.45, 2.75) is 32.5 Å². The van der Waals surface area contributed by atoms with Gasteiger partial charge >= 0.3 is 0 Å². The first-order valence-electron chi connectivity index (χ1n) is 8.98. The van der Waals surface area contributed by atoms with Crippen LogP contribution in [0.3, 0.4) is 0 Å². The highest BCUT2D eigenvalue weighted by atomic mass is 16.5. The Labute approximate surface area is 157 Å². The minimum absolute atomic E-state index is 0.0155. The Bertz CT molecular complexity index is 907. The van der Waals surface area contributed by atoms with Gasteiger partial charge in [0, 0.05) is 6.54 Å². The standard InChI is InChI=1S/C20H21N5O2/c1-3-27-17-10-8-16(9-11-17)18-19(25-13-21-22-23-25)20(26)24(18)12-15-6-4-14(2)5-7-15/h4-11,13,18-19H,3,12H2,1-2H3/t18-,19-/m1/s1. The molecule has 2 heterocycles. The van der Waals surface area contributed by atoms with Gasteiger partial charge in [-0.25, -0.2) is 4.68 Å². The SMILES string of the molecule is CCOc1ccc([C@@H]2[C@@H](n3cnnn3)C(=O)N2Cc2ccc(C)cc2)cc1. The van der Waals surface area contributed by atoms with Crippen LogP contribution in [-0.2, 0) is 11.3 Å². The van der Waals surface area contributed by atoms with Gasteiger partial charge in [-0.05, 0) is 47.5 Å². The molecule has 1 aromatic heterocycles. The molecule has 138 valence electrons. The number of hydrogen-bond donors (Lipinski definition) is 0. The van der Waals surface area contributed by atoms with Crippen molar-refractivity contribution >= 4 is 5.91 Å². The predicted octanol–water partition coefficient (Wildman–Crippen LogP) is 2.71. The number of aryl methyl sites for hydroxylation is 1. The number of carbonyl (C=O) groups is 1. The van der Waals surface area contributed by atoms with Crippen LogP contribution in [0, 0.1) is 6.92 Å². The number of ether oxygens (including phenoxy) is 1. The van der Waals surface area contributed by atoms with Crippen LogP contribution >= 0.6 is 0 Å². The summed E-state index contributed by atoms with van der Waals surface area (Å²) in [6.07, 6.45) is 1.49. The van der Waals surface area contributed by atoms with Gasteiger partial charge in [0.25, 0.3) is 5.91 Å². The first kappa shape index (κ1) is 17.2. The lowest BCUT2D eigenvalue weighted by molar-refractivity contribution is -0.157. The minimum Gasteiger partial charge on any atom is -0.494 e. The fourth-order valence-electron chi connectivity index (χ4n) is 3.44. The summed E-state index contributed by atoms with van der Waals surface area (Å²) < 4.78 is 7.06. The number of nitrogens with zero attached hydrogens (tertiary/aromatic N) is 5. The van der Waals surface area contributed by atoms with Gasteiger partial charge in [-0.3, -0.25) is 4.79 Å². The Hall–Kier alpha value is -3.22. The summed E-state index contributed by atoms with van der Waals surface area (Å²) in [5.74, 6) is 0.831. The fraction of sp³-hybridized carbons (Fsp3) is 0.300. The molecule has 7 heteroatoms. The number of aromatic nitrogens is 4. The quantitative estimate of drug-likeness (QED) is 0.630. The van der Waals surface area contributed by atoms with Crippen LogP contribution in [0.15, 0.2) is 54.9 Å². The molecule has 0 bridgehead atoms.